The van der Waals surface area contributed by atoms with E-state index in [2.05, 4.69) is 0 Å². The first-order valence-electron chi connectivity index (χ1n) is 5.60. The average Bonchev–Trinajstić information content (AvgIpc) is 1.99. The first kappa shape index (κ1) is 12.3. The first-order valence-corrected chi connectivity index (χ1v) is 5.60. The van der Waals surface area contributed by atoms with Crippen molar-refractivity contribution in [2.24, 2.45) is 5.73 Å². The van der Waals surface area contributed by atoms with Crippen molar-refractivity contribution < 1.29 is 9.90 Å². The standard InChI is InChI=1S/C11H22N2O2/c1-11(2,3)13(10(14)15)9-6-4-5-8(12)7-9/h8-9H,4-7,12H2,1-3H3,(H,14,15). The van der Waals surface area contributed by atoms with Crippen molar-refractivity contribution in [3.8, 4) is 0 Å². The second-order valence-corrected chi connectivity index (χ2v) is 5.40. The molecule has 2 atom stereocenters. The Balaban J connectivity index is 2.76. The molecular weight excluding hydrogens is 192 g/mol. The predicted molar refractivity (Wildman–Crippen MR) is 59.8 cm³/mol. The van der Waals surface area contributed by atoms with E-state index in [4.69, 9.17) is 5.73 Å². The van der Waals surface area contributed by atoms with Crippen LogP contribution >= 0.6 is 0 Å². The van der Waals surface area contributed by atoms with Gasteiger partial charge in [0.2, 0.25) is 0 Å². The topological polar surface area (TPSA) is 66.6 Å². The predicted octanol–water partition coefficient (Wildman–Crippen LogP) is 2.03. The normalized spacial score (nSPS) is 27.5. The maximum absolute atomic E-state index is 11.2. The van der Waals surface area contributed by atoms with Gasteiger partial charge >= 0.3 is 6.09 Å². The summed E-state index contributed by atoms with van der Waals surface area (Å²) >= 11 is 0. The van der Waals surface area contributed by atoms with Gasteiger partial charge in [-0.05, 0) is 46.5 Å². The van der Waals surface area contributed by atoms with Crippen LogP contribution in [0.5, 0.6) is 0 Å². The smallest absolute Gasteiger partial charge is 0.407 e. The fourth-order valence-electron chi connectivity index (χ4n) is 2.43. The zero-order chi connectivity index (χ0) is 11.6. The Morgan fingerprint density at radius 3 is 2.40 bits per heavy atom. The minimum atomic E-state index is -0.832. The van der Waals surface area contributed by atoms with Crippen LogP contribution in [0.3, 0.4) is 0 Å². The molecule has 0 aromatic heterocycles. The van der Waals surface area contributed by atoms with Gasteiger partial charge in [0.25, 0.3) is 0 Å². The van der Waals surface area contributed by atoms with Crippen LogP contribution in [0.4, 0.5) is 4.79 Å². The first-order chi connectivity index (χ1) is 6.82. The van der Waals surface area contributed by atoms with Gasteiger partial charge in [-0.15, -0.1) is 0 Å². The maximum atomic E-state index is 11.2. The molecule has 88 valence electrons. The molecule has 2 unspecified atom stereocenters. The maximum Gasteiger partial charge on any atom is 0.407 e. The molecule has 0 spiro atoms. The third-order valence-corrected chi connectivity index (χ3v) is 2.98. The number of carbonyl (C=O) groups is 1. The van der Waals surface area contributed by atoms with Crippen LogP contribution in [-0.2, 0) is 0 Å². The van der Waals surface area contributed by atoms with Crippen molar-refractivity contribution >= 4 is 6.09 Å². The summed E-state index contributed by atoms with van der Waals surface area (Å²) in [5.41, 5.74) is 5.55. The van der Waals surface area contributed by atoms with E-state index >= 15 is 0 Å². The average molecular weight is 214 g/mol. The van der Waals surface area contributed by atoms with E-state index < -0.39 is 6.09 Å². The molecule has 0 bridgehead atoms. The molecule has 0 aliphatic heterocycles. The van der Waals surface area contributed by atoms with Crippen LogP contribution in [0, 0.1) is 0 Å². The molecule has 1 aliphatic carbocycles. The van der Waals surface area contributed by atoms with Crippen LogP contribution in [0.2, 0.25) is 0 Å². The number of hydrogen-bond donors (Lipinski definition) is 2. The van der Waals surface area contributed by atoms with Gasteiger partial charge < -0.3 is 15.7 Å². The van der Waals surface area contributed by atoms with E-state index in [0.717, 1.165) is 25.7 Å². The van der Waals surface area contributed by atoms with Gasteiger partial charge in [-0.25, -0.2) is 4.79 Å². The Morgan fingerprint density at radius 1 is 1.40 bits per heavy atom. The van der Waals surface area contributed by atoms with Crippen LogP contribution in [0.25, 0.3) is 0 Å². The number of nitrogens with two attached hydrogens (primary N) is 1. The summed E-state index contributed by atoms with van der Waals surface area (Å²) in [6, 6.07) is 0.249. The van der Waals surface area contributed by atoms with Crippen LogP contribution in [0.1, 0.15) is 46.5 Å². The molecule has 15 heavy (non-hydrogen) atoms. The van der Waals surface area contributed by atoms with Crippen LogP contribution in [0.15, 0.2) is 0 Å². The van der Waals surface area contributed by atoms with Crippen LogP contribution in [-0.4, -0.2) is 33.7 Å². The quantitative estimate of drug-likeness (QED) is 0.702. The number of rotatable bonds is 1. The third-order valence-electron chi connectivity index (χ3n) is 2.98. The van der Waals surface area contributed by atoms with E-state index in [9.17, 15) is 9.90 Å². The number of amides is 1. The lowest BCUT2D eigenvalue weighted by Crippen LogP contribution is -2.53. The minimum absolute atomic E-state index is 0.0891. The summed E-state index contributed by atoms with van der Waals surface area (Å²) in [6.07, 6.45) is 2.96. The van der Waals surface area contributed by atoms with E-state index in [0.29, 0.717) is 0 Å². The molecule has 4 heteroatoms. The highest BCUT2D eigenvalue weighted by molar-refractivity contribution is 5.66. The molecule has 0 saturated heterocycles. The van der Waals surface area contributed by atoms with Crippen molar-refractivity contribution in [3.05, 3.63) is 0 Å². The zero-order valence-corrected chi connectivity index (χ0v) is 9.86. The highest BCUT2D eigenvalue weighted by Gasteiger charge is 2.35. The van der Waals surface area contributed by atoms with Gasteiger partial charge in [0.05, 0.1) is 0 Å². The van der Waals surface area contributed by atoms with Gasteiger partial charge in [0, 0.05) is 17.6 Å². The molecule has 1 amide bonds. The lowest BCUT2D eigenvalue weighted by atomic mass is 9.88. The Morgan fingerprint density at radius 2 is 2.00 bits per heavy atom. The number of hydrogen-bond acceptors (Lipinski definition) is 2. The molecule has 1 rings (SSSR count). The molecule has 0 aromatic carbocycles. The minimum Gasteiger partial charge on any atom is -0.465 e. The largest absolute Gasteiger partial charge is 0.465 e. The van der Waals surface area contributed by atoms with Gasteiger partial charge in [-0.2, -0.15) is 0 Å². The van der Waals surface area contributed by atoms with Gasteiger partial charge in [0.15, 0.2) is 0 Å². The fourth-order valence-corrected chi connectivity index (χ4v) is 2.43. The van der Waals surface area contributed by atoms with Crippen molar-refractivity contribution in [1.29, 1.82) is 0 Å². The van der Waals surface area contributed by atoms with E-state index in [-0.39, 0.29) is 17.6 Å². The molecule has 1 saturated carbocycles. The summed E-state index contributed by atoms with van der Waals surface area (Å²) in [6.45, 7) is 5.80. The monoisotopic (exact) mass is 214 g/mol. The summed E-state index contributed by atoms with van der Waals surface area (Å²) in [5, 5.41) is 9.23. The van der Waals surface area contributed by atoms with E-state index in [1.165, 1.54) is 0 Å². The molecule has 0 heterocycles. The lowest BCUT2D eigenvalue weighted by Gasteiger charge is -2.42. The second kappa shape index (κ2) is 4.39. The molecule has 3 N–H and O–H groups in total. The summed E-state index contributed by atoms with van der Waals surface area (Å²) in [4.78, 5) is 12.8. The third kappa shape index (κ3) is 3.09. The second-order valence-electron chi connectivity index (χ2n) is 5.40. The molecule has 0 aromatic rings. The summed E-state index contributed by atoms with van der Waals surface area (Å²) in [5.74, 6) is 0. The Hall–Kier alpha value is -0.770. The van der Waals surface area contributed by atoms with Crippen molar-refractivity contribution in [2.75, 3.05) is 0 Å². The number of carboxylic acid groups (broad SMARTS) is 1. The SMILES string of the molecule is CC(C)(C)N(C(=O)O)C1CCCC(N)C1. The number of nitrogens with zero attached hydrogens (tertiary/aromatic N) is 1. The van der Waals surface area contributed by atoms with Gasteiger partial charge in [0.1, 0.15) is 0 Å². The van der Waals surface area contributed by atoms with E-state index in [1.54, 1.807) is 4.90 Å². The van der Waals surface area contributed by atoms with Crippen molar-refractivity contribution in [2.45, 2.75) is 64.1 Å². The molecule has 1 fully saturated rings. The Labute approximate surface area is 91.4 Å². The fraction of sp³-hybridized carbons (Fsp3) is 0.909. The molecular formula is C11H22N2O2. The Kier molecular flexibility index (Phi) is 3.60. The molecule has 4 nitrogen and oxygen atoms in total. The Bertz CT molecular complexity index is 235. The summed E-state index contributed by atoms with van der Waals surface area (Å²) < 4.78 is 0. The van der Waals surface area contributed by atoms with Crippen molar-refractivity contribution in [1.82, 2.24) is 4.90 Å². The van der Waals surface area contributed by atoms with E-state index in [1.807, 2.05) is 20.8 Å². The van der Waals surface area contributed by atoms with Crippen LogP contribution < -0.4 is 5.73 Å². The zero-order valence-electron chi connectivity index (χ0n) is 9.86. The molecule has 0 radical (unpaired) electrons. The lowest BCUT2D eigenvalue weighted by molar-refractivity contribution is 0.0541. The summed E-state index contributed by atoms with van der Waals surface area (Å²) in [7, 11) is 0. The molecule has 1 aliphatic rings. The highest BCUT2D eigenvalue weighted by atomic mass is 16.4. The van der Waals surface area contributed by atoms with Crippen molar-refractivity contribution in [3.63, 3.8) is 0 Å². The van der Waals surface area contributed by atoms with Gasteiger partial charge in [-0.3, -0.25) is 0 Å². The van der Waals surface area contributed by atoms with Gasteiger partial charge in [-0.1, -0.05) is 0 Å². The highest BCUT2D eigenvalue weighted by Crippen LogP contribution is 2.27.